The topological polar surface area (TPSA) is 58.1 Å². The number of benzene rings is 2. The Morgan fingerprint density at radius 2 is 1.74 bits per heavy atom. The number of aryl methyl sites for hydroxylation is 2. The van der Waals surface area contributed by atoms with E-state index in [1.165, 1.54) is 11.6 Å². The van der Waals surface area contributed by atoms with Gasteiger partial charge in [0.1, 0.15) is 11.6 Å². The second-order valence-electron chi connectivity index (χ2n) is 8.14. The molecular formula is C25H27FN4O. The number of hydrogen-bond donors (Lipinski definition) is 1. The molecule has 1 amide bonds. The van der Waals surface area contributed by atoms with Crippen molar-refractivity contribution in [1.29, 1.82) is 0 Å². The van der Waals surface area contributed by atoms with Gasteiger partial charge in [-0.1, -0.05) is 42.5 Å². The van der Waals surface area contributed by atoms with Crippen molar-refractivity contribution in [2.24, 2.45) is 0 Å². The van der Waals surface area contributed by atoms with Gasteiger partial charge >= 0.3 is 0 Å². The molecule has 3 aromatic rings. The third-order valence-corrected chi connectivity index (χ3v) is 5.81. The molecule has 0 aliphatic carbocycles. The molecule has 1 aromatic heterocycles. The average Bonchev–Trinajstić information content (AvgIpc) is 3.21. The third-order valence-electron chi connectivity index (χ3n) is 5.81. The van der Waals surface area contributed by atoms with Gasteiger partial charge < -0.3 is 5.32 Å². The fraction of sp³-hybridized carbons (Fsp3) is 0.320. The Morgan fingerprint density at radius 1 is 1.06 bits per heavy atom. The van der Waals surface area contributed by atoms with Gasteiger partial charge in [0.05, 0.1) is 12.1 Å². The van der Waals surface area contributed by atoms with E-state index < -0.39 is 5.82 Å². The van der Waals surface area contributed by atoms with Crippen LogP contribution in [0.4, 0.5) is 10.1 Å². The molecule has 6 heteroatoms. The lowest BCUT2D eigenvalue weighted by atomic mass is 10.0. The van der Waals surface area contributed by atoms with Gasteiger partial charge in [-0.2, -0.15) is 0 Å². The first-order valence-corrected chi connectivity index (χ1v) is 10.6. The number of amides is 1. The number of halogens is 1. The van der Waals surface area contributed by atoms with Gasteiger partial charge in [-0.05, 0) is 44.5 Å². The van der Waals surface area contributed by atoms with E-state index in [4.69, 9.17) is 9.97 Å². The summed E-state index contributed by atoms with van der Waals surface area (Å²) in [6, 6.07) is 16.6. The van der Waals surface area contributed by atoms with Crippen LogP contribution in [0.2, 0.25) is 0 Å². The zero-order valence-electron chi connectivity index (χ0n) is 17.9. The summed E-state index contributed by atoms with van der Waals surface area (Å²) in [7, 11) is 0. The molecule has 4 rings (SSSR count). The van der Waals surface area contributed by atoms with Gasteiger partial charge in [-0.3, -0.25) is 9.69 Å². The highest BCUT2D eigenvalue weighted by molar-refractivity contribution is 5.92. The standard InChI is InChI=1S/C25H27FN4O/c1-17-21(14-24(31)29-23-11-7-6-10-22(23)26)18(2)28-25(27-17)20-12-13-30(16-20)15-19-8-4-3-5-9-19/h3-11,20H,12-16H2,1-2H3,(H,29,31)/t20-/m0/s1. The van der Waals surface area contributed by atoms with Crippen LogP contribution in [0.5, 0.6) is 0 Å². The summed E-state index contributed by atoms with van der Waals surface area (Å²) >= 11 is 0. The predicted molar refractivity (Wildman–Crippen MR) is 119 cm³/mol. The molecule has 1 fully saturated rings. The number of nitrogens with one attached hydrogen (secondary N) is 1. The molecule has 0 radical (unpaired) electrons. The summed E-state index contributed by atoms with van der Waals surface area (Å²) in [4.78, 5) is 24.4. The second kappa shape index (κ2) is 9.35. The van der Waals surface area contributed by atoms with Crippen molar-refractivity contribution < 1.29 is 9.18 Å². The Kier molecular flexibility index (Phi) is 6.37. The first-order valence-electron chi connectivity index (χ1n) is 10.6. The van der Waals surface area contributed by atoms with E-state index in [0.29, 0.717) is 5.92 Å². The zero-order chi connectivity index (χ0) is 21.8. The number of anilines is 1. The highest BCUT2D eigenvalue weighted by Gasteiger charge is 2.27. The fourth-order valence-corrected chi connectivity index (χ4v) is 4.15. The lowest BCUT2D eigenvalue weighted by Crippen LogP contribution is -2.21. The second-order valence-corrected chi connectivity index (χ2v) is 8.14. The van der Waals surface area contributed by atoms with Crippen molar-refractivity contribution in [2.45, 2.75) is 39.2 Å². The monoisotopic (exact) mass is 418 g/mol. The van der Waals surface area contributed by atoms with Crippen molar-refractivity contribution in [2.75, 3.05) is 18.4 Å². The number of hydrogen-bond acceptors (Lipinski definition) is 4. The van der Waals surface area contributed by atoms with Crippen LogP contribution in [0.25, 0.3) is 0 Å². The maximum atomic E-state index is 13.8. The molecule has 0 saturated carbocycles. The van der Waals surface area contributed by atoms with Crippen LogP contribution in [0.3, 0.4) is 0 Å². The quantitative estimate of drug-likeness (QED) is 0.645. The number of aromatic nitrogens is 2. The Hall–Kier alpha value is -3.12. The van der Waals surface area contributed by atoms with E-state index in [1.807, 2.05) is 19.9 Å². The Balaban J connectivity index is 1.41. The van der Waals surface area contributed by atoms with Crippen molar-refractivity contribution in [3.63, 3.8) is 0 Å². The lowest BCUT2D eigenvalue weighted by molar-refractivity contribution is -0.115. The minimum absolute atomic E-state index is 0.122. The maximum absolute atomic E-state index is 13.8. The Bertz CT molecular complexity index is 1050. The minimum Gasteiger partial charge on any atom is -0.323 e. The van der Waals surface area contributed by atoms with Crippen molar-refractivity contribution in [1.82, 2.24) is 14.9 Å². The smallest absolute Gasteiger partial charge is 0.229 e. The molecule has 31 heavy (non-hydrogen) atoms. The highest BCUT2D eigenvalue weighted by Crippen LogP contribution is 2.27. The van der Waals surface area contributed by atoms with Crippen LogP contribution >= 0.6 is 0 Å². The predicted octanol–water partition coefficient (Wildman–Crippen LogP) is 4.40. The molecule has 1 atom stereocenters. The number of carbonyl (C=O) groups is 1. The average molecular weight is 419 g/mol. The summed E-state index contributed by atoms with van der Waals surface area (Å²) < 4.78 is 13.8. The third kappa shape index (κ3) is 5.14. The van der Waals surface area contributed by atoms with Crippen LogP contribution in [0, 0.1) is 19.7 Å². The normalized spacial score (nSPS) is 16.4. The van der Waals surface area contributed by atoms with Gasteiger partial charge in [-0.25, -0.2) is 14.4 Å². The highest BCUT2D eigenvalue weighted by atomic mass is 19.1. The molecule has 1 aliphatic heterocycles. The van der Waals surface area contributed by atoms with Crippen molar-refractivity contribution >= 4 is 11.6 Å². The molecule has 0 bridgehead atoms. The first-order chi connectivity index (χ1) is 15.0. The molecule has 2 heterocycles. The van der Waals surface area contributed by atoms with E-state index in [2.05, 4.69) is 34.5 Å². The minimum atomic E-state index is -0.447. The van der Waals surface area contributed by atoms with Crippen molar-refractivity contribution in [3.8, 4) is 0 Å². The summed E-state index contributed by atoms with van der Waals surface area (Å²) in [6.45, 7) is 6.72. The molecule has 0 spiro atoms. The summed E-state index contributed by atoms with van der Waals surface area (Å²) in [5.74, 6) is 0.422. The molecule has 160 valence electrons. The maximum Gasteiger partial charge on any atom is 0.229 e. The van der Waals surface area contributed by atoms with Gasteiger partial charge in [0.2, 0.25) is 5.91 Å². The summed E-state index contributed by atoms with van der Waals surface area (Å²) in [6.07, 6.45) is 1.15. The van der Waals surface area contributed by atoms with Crippen LogP contribution in [0.15, 0.2) is 54.6 Å². The van der Waals surface area contributed by atoms with E-state index in [-0.39, 0.29) is 18.0 Å². The number of para-hydroxylation sites is 1. The van der Waals surface area contributed by atoms with Gasteiger partial charge in [-0.15, -0.1) is 0 Å². The van der Waals surface area contributed by atoms with Crippen LogP contribution in [-0.2, 0) is 17.8 Å². The molecule has 5 nitrogen and oxygen atoms in total. The Labute approximate surface area is 182 Å². The summed E-state index contributed by atoms with van der Waals surface area (Å²) in [5.41, 5.74) is 3.93. The van der Waals surface area contributed by atoms with E-state index in [0.717, 1.165) is 48.8 Å². The first kappa shape index (κ1) is 21.1. The molecular weight excluding hydrogens is 391 g/mol. The van der Waals surface area contributed by atoms with E-state index in [1.54, 1.807) is 18.2 Å². The number of carbonyl (C=O) groups excluding carboxylic acids is 1. The molecule has 2 aromatic carbocycles. The molecule has 1 saturated heterocycles. The zero-order valence-corrected chi connectivity index (χ0v) is 17.9. The van der Waals surface area contributed by atoms with Gasteiger partial charge in [0, 0.05) is 36.0 Å². The molecule has 1 N–H and O–H groups in total. The van der Waals surface area contributed by atoms with Crippen LogP contribution in [0.1, 0.15) is 40.7 Å². The van der Waals surface area contributed by atoms with Gasteiger partial charge in [0.25, 0.3) is 0 Å². The fourth-order valence-electron chi connectivity index (χ4n) is 4.15. The molecule has 0 unspecified atom stereocenters. The summed E-state index contributed by atoms with van der Waals surface area (Å²) in [5, 5.41) is 2.64. The molecule has 1 aliphatic rings. The number of nitrogens with zero attached hydrogens (tertiary/aromatic N) is 3. The van der Waals surface area contributed by atoms with E-state index >= 15 is 0 Å². The van der Waals surface area contributed by atoms with Crippen LogP contribution < -0.4 is 5.32 Å². The van der Waals surface area contributed by atoms with E-state index in [9.17, 15) is 9.18 Å². The Morgan fingerprint density at radius 3 is 2.45 bits per heavy atom. The number of likely N-dealkylation sites (tertiary alicyclic amines) is 1. The SMILES string of the molecule is Cc1nc([C@H]2CCN(Cc3ccccc3)C2)nc(C)c1CC(=O)Nc1ccccc1F. The van der Waals surface area contributed by atoms with Gasteiger partial charge in [0.15, 0.2) is 0 Å². The van der Waals surface area contributed by atoms with Crippen molar-refractivity contribution in [3.05, 3.63) is 88.8 Å². The van der Waals surface area contributed by atoms with Crippen LogP contribution in [-0.4, -0.2) is 33.9 Å². The largest absolute Gasteiger partial charge is 0.323 e. The lowest BCUT2D eigenvalue weighted by Gasteiger charge is -2.17. The number of rotatable bonds is 6.